The first-order valence-electron chi connectivity index (χ1n) is 6.26. The van der Waals surface area contributed by atoms with Gasteiger partial charge in [0.25, 0.3) is 0 Å². The number of nitrogens with one attached hydrogen (secondary N) is 1. The zero-order valence-corrected chi connectivity index (χ0v) is 12.9. The number of rotatable bonds is 4. The molecule has 5 heteroatoms. The van der Waals surface area contributed by atoms with Gasteiger partial charge in [0.15, 0.2) is 0 Å². The third kappa shape index (κ3) is 3.36. The maximum absolute atomic E-state index is 7.40. The molecule has 3 N–H and O–H groups in total. The van der Waals surface area contributed by atoms with E-state index in [4.69, 9.17) is 15.9 Å². The van der Waals surface area contributed by atoms with Crippen molar-refractivity contribution >= 4 is 21.8 Å². The fourth-order valence-corrected chi connectivity index (χ4v) is 2.18. The second-order valence-corrected chi connectivity index (χ2v) is 5.63. The average molecular weight is 334 g/mol. The molecule has 0 spiro atoms. The van der Waals surface area contributed by atoms with Crippen LogP contribution >= 0.6 is 15.9 Å². The van der Waals surface area contributed by atoms with Gasteiger partial charge in [-0.05, 0) is 35.7 Å². The van der Waals surface area contributed by atoms with Gasteiger partial charge in [-0.1, -0.05) is 35.8 Å². The monoisotopic (exact) mass is 333 g/mol. The Labute approximate surface area is 126 Å². The van der Waals surface area contributed by atoms with Crippen molar-refractivity contribution in [2.75, 3.05) is 0 Å². The van der Waals surface area contributed by atoms with E-state index in [1.807, 2.05) is 18.2 Å². The molecule has 0 bridgehead atoms. The van der Waals surface area contributed by atoms with Gasteiger partial charge in [-0.15, -0.1) is 0 Å². The zero-order chi connectivity index (χ0) is 14.7. The number of pyridine rings is 1. The van der Waals surface area contributed by atoms with Gasteiger partial charge in [0.05, 0.1) is 0 Å². The summed E-state index contributed by atoms with van der Waals surface area (Å²) in [6.45, 7) is 4.21. The van der Waals surface area contributed by atoms with E-state index in [1.165, 1.54) is 0 Å². The fraction of sp³-hybridized carbons (Fsp3) is 0.200. The van der Waals surface area contributed by atoms with Gasteiger partial charge >= 0.3 is 0 Å². The molecule has 0 radical (unpaired) electrons. The summed E-state index contributed by atoms with van der Waals surface area (Å²) in [5.41, 5.74) is 6.93. The Balaban J connectivity index is 2.35. The molecule has 1 aromatic carbocycles. The van der Waals surface area contributed by atoms with Crippen LogP contribution in [0.5, 0.6) is 11.6 Å². The van der Waals surface area contributed by atoms with Crippen LogP contribution in [0.2, 0.25) is 0 Å². The van der Waals surface area contributed by atoms with Crippen molar-refractivity contribution in [3.63, 3.8) is 0 Å². The van der Waals surface area contributed by atoms with Gasteiger partial charge in [-0.2, -0.15) is 0 Å². The molecule has 0 fully saturated rings. The van der Waals surface area contributed by atoms with Crippen LogP contribution in [0.4, 0.5) is 0 Å². The lowest BCUT2D eigenvalue weighted by Crippen LogP contribution is -2.13. The van der Waals surface area contributed by atoms with Gasteiger partial charge in [-0.25, -0.2) is 4.98 Å². The molecule has 0 aliphatic rings. The second kappa shape index (κ2) is 6.05. The third-order valence-corrected chi connectivity index (χ3v) is 3.30. The van der Waals surface area contributed by atoms with Crippen LogP contribution in [-0.2, 0) is 0 Å². The summed E-state index contributed by atoms with van der Waals surface area (Å²) in [5.74, 6) is 1.45. The van der Waals surface area contributed by atoms with Crippen molar-refractivity contribution in [2.24, 2.45) is 5.73 Å². The molecule has 104 valence electrons. The highest BCUT2D eigenvalue weighted by Crippen LogP contribution is 2.32. The Kier molecular flexibility index (Phi) is 4.39. The average Bonchev–Trinajstić information content (AvgIpc) is 2.41. The summed E-state index contributed by atoms with van der Waals surface area (Å²) in [7, 11) is 0. The molecular weight excluding hydrogens is 318 g/mol. The van der Waals surface area contributed by atoms with E-state index in [1.54, 1.807) is 18.2 Å². The number of benzene rings is 1. The molecule has 4 nitrogen and oxygen atoms in total. The van der Waals surface area contributed by atoms with Crippen LogP contribution in [0.15, 0.2) is 40.9 Å². The molecule has 1 aromatic heterocycles. The molecule has 2 rings (SSSR count). The fourth-order valence-electron chi connectivity index (χ4n) is 1.80. The lowest BCUT2D eigenvalue weighted by Gasteiger charge is -2.14. The predicted octanol–water partition coefficient (Wildman–Crippen LogP) is 4.04. The van der Waals surface area contributed by atoms with Crippen LogP contribution < -0.4 is 10.5 Å². The van der Waals surface area contributed by atoms with E-state index < -0.39 is 0 Å². The molecule has 0 saturated heterocycles. The maximum Gasteiger partial charge on any atom is 0.219 e. The first-order chi connectivity index (χ1) is 9.47. The lowest BCUT2D eigenvalue weighted by molar-refractivity contribution is 0.454. The number of halogens is 1. The second-order valence-electron chi connectivity index (χ2n) is 4.71. The Morgan fingerprint density at radius 2 is 2.05 bits per heavy atom. The minimum absolute atomic E-state index is 0.0738. The number of ether oxygens (including phenoxy) is 1. The van der Waals surface area contributed by atoms with Crippen LogP contribution in [0.1, 0.15) is 31.0 Å². The minimum Gasteiger partial charge on any atom is -0.439 e. The Morgan fingerprint density at radius 3 is 2.70 bits per heavy atom. The number of nitrogens with zero attached hydrogens (tertiary/aromatic N) is 1. The summed E-state index contributed by atoms with van der Waals surface area (Å²) >= 11 is 3.46. The van der Waals surface area contributed by atoms with Crippen LogP contribution in [0.3, 0.4) is 0 Å². The molecule has 0 saturated carbocycles. The van der Waals surface area contributed by atoms with Gasteiger partial charge in [0.1, 0.15) is 17.3 Å². The number of hydrogen-bond donors (Lipinski definition) is 2. The first-order valence-corrected chi connectivity index (χ1v) is 7.05. The number of aromatic nitrogens is 1. The SMILES string of the molecule is CC(C)c1cc(Br)ccc1Oc1cccc(C(=N)N)n1. The molecule has 0 aliphatic heterocycles. The Bertz CT molecular complexity index is 641. The smallest absolute Gasteiger partial charge is 0.219 e. The van der Waals surface area contributed by atoms with E-state index in [9.17, 15) is 0 Å². The van der Waals surface area contributed by atoms with Crippen LogP contribution in [0, 0.1) is 5.41 Å². The largest absolute Gasteiger partial charge is 0.439 e. The van der Waals surface area contributed by atoms with Crippen molar-refractivity contribution in [1.82, 2.24) is 4.98 Å². The normalized spacial score (nSPS) is 10.6. The summed E-state index contributed by atoms with van der Waals surface area (Å²) in [6, 6.07) is 11.1. The first kappa shape index (κ1) is 14.5. The molecule has 1 heterocycles. The van der Waals surface area contributed by atoms with Crippen LogP contribution in [0.25, 0.3) is 0 Å². The Hall–Kier alpha value is -1.88. The van der Waals surface area contributed by atoms with E-state index in [0.29, 0.717) is 17.5 Å². The molecule has 0 aliphatic carbocycles. The van der Waals surface area contributed by atoms with E-state index >= 15 is 0 Å². The van der Waals surface area contributed by atoms with E-state index in [0.717, 1.165) is 15.8 Å². The van der Waals surface area contributed by atoms with Crippen molar-refractivity contribution in [1.29, 1.82) is 5.41 Å². The molecule has 20 heavy (non-hydrogen) atoms. The van der Waals surface area contributed by atoms with Crippen molar-refractivity contribution in [3.8, 4) is 11.6 Å². The Morgan fingerprint density at radius 1 is 1.30 bits per heavy atom. The van der Waals surface area contributed by atoms with Gasteiger partial charge in [-0.3, -0.25) is 5.41 Å². The highest BCUT2D eigenvalue weighted by atomic mass is 79.9. The summed E-state index contributed by atoms with van der Waals surface area (Å²) in [4.78, 5) is 4.21. The van der Waals surface area contributed by atoms with Crippen molar-refractivity contribution in [3.05, 3.63) is 52.1 Å². The molecular formula is C15H16BrN3O. The van der Waals surface area contributed by atoms with Gasteiger partial charge in [0, 0.05) is 10.5 Å². The van der Waals surface area contributed by atoms with E-state index in [2.05, 4.69) is 34.8 Å². The standard InChI is InChI=1S/C15H16BrN3O/c1-9(2)11-8-10(16)6-7-13(11)20-14-5-3-4-12(19-14)15(17)18/h3-9H,1-2H3,(H3,17,18). The van der Waals surface area contributed by atoms with Gasteiger partial charge < -0.3 is 10.5 Å². The predicted molar refractivity (Wildman–Crippen MR) is 83.6 cm³/mol. The third-order valence-electron chi connectivity index (χ3n) is 2.81. The number of hydrogen-bond acceptors (Lipinski definition) is 3. The van der Waals surface area contributed by atoms with Crippen molar-refractivity contribution < 1.29 is 4.74 Å². The maximum atomic E-state index is 7.40. The summed E-state index contributed by atoms with van der Waals surface area (Å²) in [6.07, 6.45) is 0. The van der Waals surface area contributed by atoms with Crippen LogP contribution in [-0.4, -0.2) is 10.8 Å². The summed E-state index contributed by atoms with van der Waals surface area (Å²) in [5, 5.41) is 7.40. The molecule has 0 unspecified atom stereocenters. The minimum atomic E-state index is -0.0738. The molecule has 2 aromatic rings. The van der Waals surface area contributed by atoms with Gasteiger partial charge in [0.2, 0.25) is 5.88 Å². The van der Waals surface area contributed by atoms with Crippen molar-refractivity contribution in [2.45, 2.75) is 19.8 Å². The highest BCUT2D eigenvalue weighted by Gasteiger charge is 2.10. The number of nitrogen functional groups attached to an aromatic ring is 1. The highest BCUT2D eigenvalue weighted by molar-refractivity contribution is 9.10. The summed E-state index contributed by atoms with van der Waals surface area (Å²) < 4.78 is 6.85. The zero-order valence-electron chi connectivity index (χ0n) is 11.4. The topological polar surface area (TPSA) is 72.0 Å². The number of nitrogens with two attached hydrogens (primary N) is 1. The number of amidine groups is 1. The molecule has 0 atom stereocenters. The molecule has 0 amide bonds. The lowest BCUT2D eigenvalue weighted by atomic mass is 10.0. The van der Waals surface area contributed by atoms with E-state index in [-0.39, 0.29) is 5.84 Å². The quantitative estimate of drug-likeness (QED) is 0.655.